The summed E-state index contributed by atoms with van der Waals surface area (Å²) >= 11 is 0. The van der Waals surface area contributed by atoms with Gasteiger partial charge in [-0.15, -0.1) is 0 Å². The van der Waals surface area contributed by atoms with Gasteiger partial charge in [-0.25, -0.2) is 4.68 Å². The SMILES string of the molecule is Cc1cccc(C)c1-n1nc2c(c1-c1ccc3[nH]ccc3c1)CNCC2. The number of nitrogens with one attached hydrogen (secondary N) is 2. The second kappa shape index (κ2) is 5.85. The smallest absolute Gasteiger partial charge is 0.0789 e. The monoisotopic (exact) mass is 342 g/mol. The van der Waals surface area contributed by atoms with Crippen LogP contribution in [0.25, 0.3) is 27.8 Å². The normalized spacial score (nSPS) is 13.9. The largest absolute Gasteiger partial charge is 0.361 e. The molecule has 4 nitrogen and oxygen atoms in total. The third-order valence-corrected chi connectivity index (χ3v) is 5.39. The van der Waals surface area contributed by atoms with Crippen LogP contribution in [0.5, 0.6) is 0 Å². The van der Waals surface area contributed by atoms with Crippen molar-refractivity contribution in [3.8, 4) is 16.9 Å². The van der Waals surface area contributed by atoms with Crippen molar-refractivity contribution in [2.75, 3.05) is 6.54 Å². The van der Waals surface area contributed by atoms with Crippen LogP contribution in [0.3, 0.4) is 0 Å². The van der Waals surface area contributed by atoms with Crippen molar-refractivity contribution < 1.29 is 0 Å². The van der Waals surface area contributed by atoms with E-state index in [1.165, 1.54) is 50.2 Å². The molecule has 0 bridgehead atoms. The third kappa shape index (κ3) is 2.30. The summed E-state index contributed by atoms with van der Waals surface area (Å²) in [4.78, 5) is 3.28. The quantitative estimate of drug-likeness (QED) is 0.571. The van der Waals surface area contributed by atoms with Crippen LogP contribution in [0.2, 0.25) is 0 Å². The minimum absolute atomic E-state index is 0.876. The van der Waals surface area contributed by atoms with Crippen molar-refractivity contribution >= 4 is 10.9 Å². The predicted octanol–water partition coefficient (Wildman–Crippen LogP) is 4.28. The van der Waals surface area contributed by atoms with Gasteiger partial charge in [0.1, 0.15) is 0 Å². The number of nitrogens with zero attached hydrogens (tertiary/aromatic N) is 2. The van der Waals surface area contributed by atoms with E-state index >= 15 is 0 Å². The van der Waals surface area contributed by atoms with Crippen molar-refractivity contribution in [1.82, 2.24) is 20.1 Å². The van der Waals surface area contributed by atoms with Crippen LogP contribution in [-0.4, -0.2) is 21.3 Å². The van der Waals surface area contributed by atoms with Crippen molar-refractivity contribution in [1.29, 1.82) is 0 Å². The second-order valence-electron chi connectivity index (χ2n) is 7.13. The Hall–Kier alpha value is -2.85. The maximum absolute atomic E-state index is 5.06. The highest BCUT2D eigenvalue weighted by molar-refractivity contribution is 5.85. The number of para-hydroxylation sites is 1. The zero-order valence-corrected chi connectivity index (χ0v) is 15.1. The standard InChI is InChI=1S/C22H22N4/c1-14-4-3-5-15(2)21(14)26-22(18-13-23-10-9-20(18)25-26)17-6-7-19-16(12-17)8-11-24-19/h3-8,11-12,23-24H,9-10,13H2,1-2H3. The van der Waals surface area contributed by atoms with E-state index in [0.717, 1.165) is 19.5 Å². The van der Waals surface area contributed by atoms with Gasteiger partial charge in [-0.3, -0.25) is 0 Å². The minimum atomic E-state index is 0.876. The van der Waals surface area contributed by atoms with Crippen LogP contribution in [-0.2, 0) is 13.0 Å². The molecule has 5 rings (SSSR count). The Bertz CT molecular complexity index is 1100. The summed E-state index contributed by atoms with van der Waals surface area (Å²) in [7, 11) is 0. The molecule has 0 saturated carbocycles. The Labute approximate surface area is 152 Å². The van der Waals surface area contributed by atoms with E-state index in [2.05, 4.69) is 71.3 Å². The first kappa shape index (κ1) is 15.4. The molecule has 2 aromatic heterocycles. The zero-order valence-electron chi connectivity index (χ0n) is 15.1. The Balaban J connectivity index is 1.81. The van der Waals surface area contributed by atoms with Gasteiger partial charge in [0.05, 0.1) is 17.1 Å². The topological polar surface area (TPSA) is 45.6 Å². The highest BCUT2D eigenvalue weighted by atomic mass is 15.3. The summed E-state index contributed by atoms with van der Waals surface area (Å²) < 4.78 is 2.18. The van der Waals surface area contributed by atoms with E-state index in [1.807, 2.05) is 6.20 Å². The van der Waals surface area contributed by atoms with E-state index < -0.39 is 0 Å². The van der Waals surface area contributed by atoms with Crippen molar-refractivity contribution in [3.05, 3.63) is 71.0 Å². The van der Waals surface area contributed by atoms with Crippen LogP contribution in [0.1, 0.15) is 22.4 Å². The van der Waals surface area contributed by atoms with Gasteiger partial charge in [-0.1, -0.05) is 24.3 Å². The lowest BCUT2D eigenvalue weighted by molar-refractivity contribution is 0.635. The van der Waals surface area contributed by atoms with E-state index in [1.54, 1.807) is 0 Å². The first-order valence-corrected chi connectivity index (χ1v) is 9.18. The van der Waals surface area contributed by atoms with E-state index in [-0.39, 0.29) is 0 Å². The first-order chi connectivity index (χ1) is 12.7. The average Bonchev–Trinajstić information content (AvgIpc) is 3.25. The summed E-state index contributed by atoms with van der Waals surface area (Å²) in [5.74, 6) is 0. The first-order valence-electron chi connectivity index (χ1n) is 9.18. The highest BCUT2D eigenvalue weighted by Crippen LogP contribution is 2.34. The maximum Gasteiger partial charge on any atom is 0.0789 e. The summed E-state index contributed by atoms with van der Waals surface area (Å²) in [5, 5.41) is 9.80. The van der Waals surface area contributed by atoms with Crippen LogP contribution in [0.15, 0.2) is 48.7 Å². The third-order valence-electron chi connectivity index (χ3n) is 5.39. The Morgan fingerprint density at radius 1 is 1.04 bits per heavy atom. The molecule has 0 aliphatic carbocycles. The summed E-state index contributed by atoms with van der Waals surface area (Å²) in [5.41, 5.74) is 9.85. The Morgan fingerprint density at radius 2 is 1.88 bits per heavy atom. The second-order valence-corrected chi connectivity index (χ2v) is 7.13. The molecular formula is C22H22N4. The lowest BCUT2D eigenvalue weighted by atomic mass is 10.0. The number of hydrogen-bond donors (Lipinski definition) is 2. The average molecular weight is 342 g/mol. The number of hydrogen-bond acceptors (Lipinski definition) is 2. The van der Waals surface area contributed by atoms with Crippen LogP contribution < -0.4 is 5.32 Å². The molecule has 0 saturated heterocycles. The number of rotatable bonds is 2. The minimum Gasteiger partial charge on any atom is -0.361 e. The predicted molar refractivity (Wildman–Crippen MR) is 106 cm³/mol. The fourth-order valence-corrected chi connectivity index (χ4v) is 4.10. The molecular weight excluding hydrogens is 320 g/mol. The number of fused-ring (bicyclic) bond motifs is 2. The van der Waals surface area contributed by atoms with Crippen LogP contribution in [0, 0.1) is 13.8 Å². The van der Waals surface area contributed by atoms with E-state index in [4.69, 9.17) is 5.10 Å². The Morgan fingerprint density at radius 3 is 2.73 bits per heavy atom. The van der Waals surface area contributed by atoms with Crippen molar-refractivity contribution in [2.45, 2.75) is 26.8 Å². The van der Waals surface area contributed by atoms with Crippen LogP contribution >= 0.6 is 0 Å². The highest BCUT2D eigenvalue weighted by Gasteiger charge is 2.23. The van der Waals surface area contributed by atoms with Gasteiger partial charge in [0.15, 0.2) is 0 Å². The fraction of sp³-hybridized carbons (Fsp3) is 0.227. The summed E-state index contributed by atoms with van der Waals surface area (Å²) in [6.07, 6.45) is 2.97. The molecule has 0 atom stereocenters. The summed E-state index contributed by atoms with van der Waals surface area (Å²) in [6.45, 7) is 6.20. The van der Waals surface area contributed by atoms with Crippen LogP contribution in [0.4, 0.5) is 0 Å². The van der Waals surface area contributed by atoms with Gasteiger partial charge in [-0.05, 0) is 43.2 Å². The zero-order chi connectivity index (χ0) is 17.7. The fourth-order valence-electron chi connectivity index (χ4n) is 4.10. The molecule has 3 heterocycles. The van der Waals surface area contributed by atoms with Crippen molar-refractivity contribution in [2.24, 2.45) is 0 Å². The van der Waals surface area contributed by atoms with Gasteiger partial charge in [0, 0.05) is 47.7 Å². The van der Waals surface area contributed by atoms with Crippen molar-refractivity contribution in [3.63, 3.8) is 0 Å². The van der Waals surface area contributed by atoms with E-state index in [9.17, 15) is 0 Å². The molecule has 0 spiro atoms. The number of H-pyrrole nitrogens is 1. The van der Waals surface area contributed by atoms with Gasteiger partial charge >= 0.3 is 0 Å². The van der Waals surface area contributed by atoms with Gasteiger partial charge in [0.2, 0.25) is 0 Å². The van der Waals surface area contributed by atoms with Gasteiger partial charge in [-0.2, -0.15) is 5.10 Å². The lowest BCUT2D eigenvalue weighted by Gasteiger charge is -2.16. The molecule has 0 unspecified atom stereocenters. The van der Waals surface area contributed by atoms with Gasteiger partial charge in [0.25, 0.3) is 0 Å². The number of aromatic nitrogens is 3. The molecule has 0 amide bonds. The molecule has 2 aromatic carbocycles. The molecule has 1 aliphatic heterocycles. The molecule has 0 radical (unpaired) electrons. The number of benzene rings is 2. The maximum atomic E-state index is 5.06. The van der Waals surface area contributed by atoms with Gasteiger partial charge < -0.3 is 10.3 Å². The number of aryl methyl sites for hydroxylation is 2. The molecule has 130 valence electrons. The Kier molecular flexibility index (Phi) is 3.47. The summed E-state index contributed by atoms with van der Waals surface area (Å²) in [6, 6.07) is 15.2. The molecule has 2 N–H and O–H groups in total. The lowest BCUT2D eigenvalue weighted by Crippen LogP contribution is -2.23. The molecule has 0 fully saturated rings. The molecule has 26 heavy (non-hydrogen) atoms. The molecule has 4 heteroatoms. The molecule has 1 aliphatic rings. The molecule has 4 aromatic rings. The van der Waals surface area contributed by atoms with E-state index in [0.29, 0.717) is 0 Å². The number of aromatic amines is 1.